The summed E-state index contributed by atoms with van der Waals surface area (Å²) in [7, 11) is 0. The first kappa shape index (κ1) is 17.0. The molecule has 0 bridgehead atoms. The Morgan fingerprint density at radius 1 is 1.20 bits per heavy atom. The van der Waals surface area contributed by atoms with Crippen LogP contribution >= 0.6 is 11.3 Å². The highest BCUT2D eigenvalue weighted by atomic mass is 32.1. The summed E-state index contributed by atoms with van der Waals surface area (Å²) in [5.41, 5.74) is 3.52. The third-order valence-electron chi connectivity index (χ3n) is 4.51. The molecule has 0 aliphatic rings. The minimum atomic E-state index is -0.189. The molecule has 0 aliphatic carbocycles. The van der Waals surface area contributed by atoms with E-state index in [4.69, 9.17) is 0 Å². The molecule has 2 heterocycles. The molecule has 126 valence electrons. The summed E-state index contributed by atoms with van der Waals surface area (Å²) < 4.78 is 2.04. The van der Waals surface area contributed by atoms with E-state index in [9.17, 15) is 10.1 Å². The molecule has 1 atom stereocenters. The van der Waals surface area contributed by atoms with E-state index in [1.165, 1.54) is 11.3 Å². The van der Waals surface area contributed by atoms with Gasteiger partial charge in [-0.05, 0) is 43.3 Å². The molecule has 5 heteroatoms. The zero-order chi connectivity index (χ0) is 18.0. The fourth-order valence-electron chi connectivity index (χ4n) is 3.03. The van der Waals surface area contributed by atoms with Crippen molar-refractivity contribution in [2.75, 3.05) is 5.32 Å². The number of benzene rings is 1. The van der Waals surface area contributed by atoms with Crippen LogP contribution in [-0.2, 0) is 0 Å². The molecule has 2 aromatic heterocycles. The number of aromatic nitrogens is 1. The summed E-state index contributed by atoms with van der Waals surface area (Å²) in [4.78, 5) is 13.2. The molecular weight excluding hydrogens is 330 g/mol. The molecule has 25 heavy (non-hydrogen) atoms. The van der Waals surface area contributed by atoms with Crippen LogP contribution in [-0.4, -0.2) is 10.5 Å². The van der Waals surface area contributed by atoms with E-state index in [0.717, 1.165) is 16.8 Å². The molecule has 0 spiro atoms. The lowest BCUT2D eigenvalue weighted by Gasteiger charge is -2.20. The number of anilines is 1. The van der Waals surface area contributed by atoms with Gasteiger partial charge in [0.25, 0.3) is 5.91 Å². The molecule has 0 fully saturated rings. The zero-order valence-corrected chi connectivity index (χ0v) is 15.2. The third-order valence-corrected chi connectivity index (χ3v) is 5.38. The molecule has 0 radical (unpaired) electrons. The predicted molar refractivity (Wildman–Crippen MR) is 101 cm³/mol. The maximum atomic E-state index is 12.6. The van der Waals surface area contributed by atoms with Gasteiger partial charge in [-0.15, -0.1) is 11.3 Å². The zero-order valence-electron chi connectivity index (χ0n) is 14.4. The Hall–Kier alpha value is -2.84. The van der Waals surface area contributed by atoms with Crippen molar-refractivity contribution in [3.63, 3.8) is 0 Å². The fraction of sp³-hybridized carbons (Fsp3) is 0.200. The Morgan fingerprint density at radius 3 is 2.52 bits per heavy atom. The molecule has 3 aromatic rings. The van der Waals surface area contributed by atoms with Crippen LogP contribution in [0.25, 0.3) is 0 Å². The van der Waals surface area contributed by atoms with Gasteiger partial charge in [0.1, 0.15) is 11.9 Å². The van der Waals surface area contributed by atoms with Crippen molar-refractivity contribution in [2.45, 2.75) is 26.8 Å². The molecule has 1 aromatic carbocycles. The van der Waals surface area contributed by atoms with E-state index in [1.54, 1.807) is 6.07 Å². The predicted octanol–water partition coefficient (Wildman–Crippen LogP) is 4.90. The van der Waals surface area contributed by atoms with Crippen LogP contribution in [0.1, 0.15) is 45.0 Å². The molecule has 1 amide bonds. The second kappa shape index (κ2) is 6.96. The average Bonchev–Trinajstić information content (AvgIpc) is 3.24. The van der Waals surface area contributed by atoms with E-state index in [-0.39, 0.29) is 11.9 Å². The van der Waals surface area contributed by atoms with Crippen LogP contribution in [0.5, 0.6) is 0 Å². The summed E-state index contributed by atoms with van der Waals surface area (Å²) in [6.45, 7) is 5.98. The SMILES string of the molecule is Cc1c(C#N)c(NC(=O)c2cccs2)n(C(C)c2ccccc2)c1C. The van der Waals surface area contributed by atoms with E-state index < -0.39 is 0 Å². The van der Waals surface area contributed by atoms with Gasteiger partial charge in [-0.2, -0.15) is 5.26 Å². The molecule has 0 saturated heterocycles. The number of hydrogen-bond donors (Lipinski definition) is 1. The molecule has 1 unspecified atom stereocenters. The van der Waals surface area contributed by atoms with Crippen molar-refractivity contribution < 1.29 is 4.79 Å². The first-order chi connectivity index (χ1) is 12.0. The first-order valence-electron chi connectivity index (χ1n) is 8.06. The van der Waals surface area contributed by atoms with Gasteiger partial charge in [0, 0.05) is 5.69 Å². The second-order valence-corrected chi connectivity index (χ2v) is 6.88. The monoisotopic (exact) mass is 349 g/mol. The van der Waals surface area contributed by atoms with Gasteiger partial charge < -0.3 is 9.88 Å². The van der Waals surface area contributed by atoms with Crippen molar-refractivity contribution in [3.05, 3.63) is 75.1 Å². The Morgan fingerprint density at radius 2 is 1.92 bits per heavy atom. The van der Waals surface area contributed by atoms with E-state index in [2.05, 4.69) is 30.4 Å². The van der Waals surface area contributed by atoms with Crippen LogP contribution in [0.4, 0.5) is 5.82 Å². The van der Waals surface area contributed by atoms with Crippen molar-refractivity contribution in [2.24, 2.45) is 0 Å². The molecule has 0 aliphatic heterocycles. The second-order valence-electron chi connectivity index (χ2n) is 5.93. The first-order valence-corrected chi connectivity index (χ1v) is 8.93. The topological polar surface area (TPSA) is 57.8 Å². The summed E-state index contributed by atoms with van der Waals surface area (Å²) in [6.07, 6.45) is 0. The molecule has 3 rings (SSSR count). The highest BCUT2D eigenvalue weighted by Crippen LogP contribution is 2.33. The minimum Gasteiger partial charge on any atom is -0.323 e. The standard InChI is InChI=1S/C20H19N3OS/c1-13-14(2)23(15(3)16-8-5-4-6-9-16)19(17(13)12-21)22-20(24)18-10-7-11-25-18/h4-11,15H,1-3H3,(H,22,24). The van der Waals surface area contributed by atoms with E-state index in [1.807, 2.05) is 48.1 Å². The average molecular weight is 349 g/mol. The van der Waals surface area contributed by atoms with Gasteiger partial charge in [-0.25, -0.2) is 0 Å². The Labute approximate surface area is 151 Å². The normalized spacial score (nSPS) is 11.8. The highest BCUT2D eigenvalue weighted by molar-refractivity contribution is 7.12. The van der Waals surface area contributed by atoms with Crippen LogP contribution in [0.2, 0.25) is 0 Å². The lowest BCUT2D eigenvalue weighted by Crippen LogP contribution is -2.18. The molecule has 4 nitrogen and oxygen atoms in total. The molecule has 0 saturated carbocycles. The largest absolute Gasteiger partial charge is 0.323 e. The van der Waals surface area contributed by atoms with Gasteiger partial charge in [0.2, 0.25) is 0 Å². The van der Waals surface area contributed by atoms with Gasteiger partial charge in [0.05, 0.1) is 16.5 Å². The Balaban J connectivity index is 2.09. The van der Waals surface area contributed by atoms with Crippen molar-refractivity contribution in [1.82, 2.24) is 4.57 Å². The number of nitrogens with one attached hydrogen (secondary N) is 1. The summed E-state index contributed by atoms with van der Waals surface area (Å²) in [5, 5.41) is 14.4. The number of thiophene rings is 1. The molecular formula is C20H19N3OS. The van der Waals surface area contributed by atoms with Crippen LogP contribution in [0, 0.1) is 25.2 Å². The summed E-state index contributed by atoms with van der Waals surface area (Å²) >= 11 is 1.38. The minimum absolute atomic E-state index is 0.000589. The number of carbonyl (C=O) groups excluding carboxylic acids is 1. The van der Waals surface area contributed by atoms with E-state index >= 15 is 0 Å². The quantitative estimate of drug-likeness (QED) is 0.728. The lowest BCUT2D eigenvalue weighted by atomic mass is 10.1. The lowest BCUT2D eigenvalue weighted by molar-refractivity contribution is 0.102. The van der Waals surface area contributed by atoms with Crippen LogP contribution < -0.4 is 5.32 Å². The maximum absolute atomic E-state index is 12.6. The maximum Gasteiger partial charge on any atom is 0.266 e. The third kappa shape index (κ3) is 3.09. The Bertz CT molecular complexity index is 934. The van der Waals surface area contributed by atoms with Crippen LogP contribution in [0.3, 0.4) is 0 Å². The number of carbonyl (C=O) groups is 1. The number of rotatable bonds is 4. The highest BCUT2D eigenvalue weighted by Gasteiger charge is 2.24. The summed E-state index contributed by atoms with van der Waals surface area (Å²) in [6, 6.07) is 15.9. The number of nitrogens with zero attached hydrogens (tertiary/aromatic N) is 2. The van der Waals surface area contributed by atoms with E-state index in [0.29, 0.717) is 16.3 Å². The number of hydrogen-bond acceptors (Lipinski definition) is 3. The fourth-order valence-corrected chi connectivity index (χ4v) is 3.65. The van der Waals surface area contributed by atoms with Crippen molar-refractivity contribution in [3.8, 4) is 6.07 Å². The Kier molecular flexibility index (Phi) is 4.73. The van der Waals surface area contributed by atoms with Gasteiger partial charge >= 0.3 is 0 Å². The van der Waals surface area contributed by atoms with Crippen LogP contribution in [0.15, 0.2) is 47.8 Å². The number of amides is 1. The van der Waals surface area contributed by atoms with Gasteiger partial charge in [-0.1, -0.05) is 36.4 Å². The van der Waals surface area contributed by atoms with Gasteiger partial charge in [0.15, 0.2) is 0 Å². The smallest absolute Gasteiger partial charge is 0.266 e. The molecule has 1 N–H and O–H groups in total. The number of nitriles is 1. The van der Waals surface area contributed by atoms with Crippen molar-refractivity contribution in [1.29, 1.82) is 5.26 Å². The van der Waals surface area contributed by atoms with Gasteiger partial charge in [-0.3, -0.25) is 4.79 Å². The summed E-state index contributed by atoms with van der Waals surface area (Å²) in [5.74, 6) is 0.373. The van der Waals surface area contributed by atoms with Crippen molar-refractivity contribution >= 4 is 23.1 Å².